The maximum absolute atomic E-state index is 5.29. The van der Waals surface area contributed by atoms with Gasteiger partial charge in [0, 0.05) is 7.11 Å². The molecule has 1 aliphatic heterocycles. The van der Waals surface area contributed by atoms with Crippen LogP contribution >= 0.6 is 0 Å². The number of nitrogens with zero attached hydrogens (tertiary/aromatic N) is 1. The van der Waals surface area contributed by atoms with Gasteiger partial charge in [0.05, 0.1) is 6.61 Å². The summed E-state index contributed by atoms with van der Waals surface area (Å²) in [4.78, 5) is 2.41. The Kier molecular flexibility index (Phi) is 3.53. The van der Waals surface area contributed by atoms with Gasteiger partial charge in [-0.25, -0.2) is 0 Å². The highest BCUT2D eigenvalue weighted by Crippen LogP contribution is 2.34. The fourth-order valence-corrected chi connectivity index (χ4v) is 2.00. The van der Waals surface area contributed by atoms with E-state index >= 15 is 0 Å². The van der Waals surface area contributed by atoms with Crippen LogP contribution in [0.1, 0.15) is 26.2 Å². The quantitative estimate of drug-likeness (QED) is 0.641. The molecule has 1 fully saturated rings. The maximum atomic E-state index is 5.29. The Morgan fingerprint density at radius 1 is 1.33 bits per heavy atom. The molecule has 0 bridgehead atoms. The zero-order chi connectivity index (χ0) is 9.03. The summed E-state index contributed by atoms with van der Waals surface area (Å²) in [6, 6.07) is 0. The zero-order valence-corrected chi connectivity index (χ0v) is 8.60. The lowest BCUT2D eigenvalue weighted by molar-refractivity contribution is 0.0252. The van der Waals surface area contributed by atoms with Crippen LogP contribution in [0, 0.1) is 5.41 Å². The summed E-state index contributed by atoms with van der Waals surface area (Å²) in [7, 11) is 4.02. The third kappa shape index (κ3) is 2.20. The van der Waals surface area contributed by atoms with E-state index in [1.807, 2.05) is 7.11 Å². The number of hydrogen-bond acceptors (Lipinski definition) is 2. The van der Waals surface area contributed by atoms with Gasteiger partial charge in [0.1, 0.15) is 0 Å². The molecule has 72 valence electrons. The molecule has 0 N–H and O–H groups in total. The first kappa shape index (κ1) is 10.0. The minimum Gasteiger partial charge on any atom is -0.384 e. The molecule has 0 saturated carbocycles. The average molecular weight is 171 g/mol. The number of piperidine rings is 1. The normalized spacial score (nSPS) is 24.2. The standard InChI is InChI=1S/C10H21NO/c1-4-10(9-12-3)5-7-11(2)8-6-10/h4-9H2,1-3H3. The molecule has 0 amide bonds. The number of likely N-dealkylation sites (tertiary alicyclic amines) is 1. The summed E-state index contributed by atoms with van der Waals surface area (Å²) in [5, 5.41) is 0. The van der Waals surface area contributed by atoms with Crippen molar-refractivity contribution in [2.24, 2.45) is 5.41 Å². The van der Waals surface area contributed by atoms with Crippen molar-refractivity contribution in [1.82, 2.24) is 4.90 Å². The van der Waals surface area contributed by atoms with Crippen molar-refractivity contribution in [1.29, 1.82) is 0 Å². The molecule has 1 aliphatic rings. The second kappa shape index (κ2) is 4.24. The Labute approximate surface area is 75.9 Å². The molecule has 0 atom stereocenters. The van der Waals surface area contributed by atoms with E-state index in [1.54, 1.807) is 0 Å². The number of hydrogen-bond donors (Lipinski definition) is 0. The minimum absolute atomic E-state index is 0.487. The fourth-order valence-electron chi connectivity index (χ4n) is 2.00. The Morgan fingerprint density at radius 3 is 2.33 bits per heavy atom. The molecule has 0 spiro atoms. The first-order valence-corrected chi connectivity index (χ1v) is 4.90. The van der Waals surface area contributed by atoms with E-state index in [0.29, 0.717) is 5.41 Å². The predicted molar refractivity (Wildman–Crippen MR) is 51.3 cm³/mol. The van der Waals surface area contributed by atoms with Crippen molar-refractivity contribution in [2.45, 2.75) is 26.2 Å². The number of rotatable bonds is 3. The van der Waals surface area contributed by atoms with Crippen LogP contribution in [0.5, 0.6) is 0 Å². The van der Waals surface area contributed by atoms with Crippen LogP contribution in [0.4, 0.5) is 0 Å². The summed E-state index contributed by atoms with van der Waals surface area (Å²) >= 11 is 0. The summed E-state index contributed by atoms with van der Waals surface area (Å²) in [5.41, 5.74) is 0.487. The molecule has 1 saturated heterocycles. The molecule has 2 heteroatoms. The molecule has 0 aromatic heterocycles. The lowest BCUT2D eigenvalue weighted by Gasteiger charge is -2.39. The van der Waals surface area contributed by atoms with E-state index in [-0.39, 0.29) is 0 Å². The average Bonchev–Trinajstić information content (AvgIpc) is 2.10. The lowest BCUT2D eigenvalue weighted by atomic mass is 9.77. The third-order valence-corrected chi connectivity index (χ3v) is 3.25. The second-order valence-electron chi connectivity index (χ2n) is 4.09. The van der Waals surface area contributed by atoms with Gasteiger partial charge in [-0.1, -0.05) is 6.92 Å². The van der Waals surface area contributed by atoms with Crippen molar-refractivity contribution in [3.05, 3.63) is 0 Å². The smallest absolute Gasteiger partial charge is 0.0519 e. The van der Waals surface area contributed by atoms with Crippen molar-refractivity contribution in [2.75, 3.05) is 33.9 Å². The molecule has 1 rings (SSSR count). The van der Waals surface area contributed by atoms with Crippen LogP contribution in [0.3, 0.4) is 0 Å². The van der Waals surface area contributed by atoms with Gasteiger partial charge in [0.15, 0.2) is 0 Å². The fraction of sp³-hybridized carbons (Fsp3) is 1.00. The maximum Gasteiger partial charge on any atom is 0.0519 e. The van der Waals surface area contributed by atoms with Crippen LogP contribution in [-0.4, -0.2) is 38.8 Å². The van der Waals surface area contributed by atoms with E-state index in [2.05, 4.69) is 18.9 Å². The summed E-state index contributed by atoms with van der Waals surface area (Å²) < 4.78 is 5.29. The second-order valence-corrected chi connectivity index (χ2v) is 4.09. The Bertz CT molecular complexity index is 128. The molecular formula is C10H21NO. The molecular weight excluding hydrogens is 150 g/mol. The van der Waals surface area contributed by atoms with Crippen LogP contribution in [0.25, 0.3) is 0 Å². The van der Waals surface area contributed by atoms with Gasteiger partial charge in [-0.3, -0.25) is 0 Å². The molecule has 0 aromatic carbocycles. The molecule has 0 radical (unpaired) electrons. The van der Waals surface area contributed by atoms with E-state index < -0.39 is 0 Å². The lowest BCUT2D eigenvalue weighted by Crippen LogP contribution is -2.40. The van der Waals surface area contributed by atoms with Gasteiger partial charge in [-0.2, -0.15) is 0 Å². The molecule has 0 aromatic rings. The summed E-state index contributed by atoms with van der Waals surface area (Å²) in [6.07, 6.45) is 3.86. The monoisotopic (exact) mass is 171 g/mol. The third-order valence-electron chi connectivity index (χ3n) is 3.25. The van der Waals surface area contributed by atoms with Gasteiger partial charge in [0.2, 0.25) is 0 Å². The van der Waals surface area contributed by atoms with Crippen LogP contribution in [0.15, 0.2) is 0 Å². The van der Waals surface area contributed by atoms with Crippen LogP contribution in [0.2, 0.25) is 0 Å². The summed E-state index contributed by atoms with van der Waals surface area (Å²) in [5.74, 6) is 0. The SMILES string of the molecule is CCC1(COC)CCN(C)CC1. The summed E-state index contributed by atoms with van der Waals surface area (Å²) in [6.45, 7) is 5.69. The van der Waals surface area contributed by atoms with Crippen LogP contribution in [-0.2, 0) is 4.74 Å². The topological polar surface area (TPSA) is 12.5 Å². The number of methoxy groups -OCH3 is 1. The minimum atomic E-state index is 0.487. The van der Waals surface area contributed by atoms with Crippen LogP contribution < -0.4 is 0 Å². The van der Waals surface area contributed by atoms with Gasteiger partial charge in [-0.15, -0.1) is 0 Å². The highest BCUT2D eigenvalue weighted by molar-refractivity contribution is 4.83. The highest BCUT2D eigenvalue weighted by atomic mass is 16.5. The van der Waals surface area contributed by atoms with Crippen molar-refractivity contribution in [3.8, 4) is 0 Å². The van der Waals surface area contributed by atoms with Gasteiger partial charge >= 0.3 is 0 Å². The van der Waals surface area contributed by atoms with Crippen molar-refractivity contribution < 1.29 is 4.74 Å². The first-order valence-electron chi connectivity index (χ1n) is 4.90. The molecule has 12 heavy (non-hydrogen) atoms. The van der Waals surface area contributed by atoms with E-state index in [1.165, 1.54) is 32.4 Å². The molecule has 2 nitrogen and oxygen atoms in total. The van der Waals surface area contributed by atoms with Gasteiger partial charge < -0.3 is 9.64 Å². The Balaban J connectivity index is 2.45. The Morgan fingerprint density at radius 2 is 1.92 bits per heavy atom. The largest absolute Gasteiger partial charge is 0.384 e. The van der Waals surface area contributed by atoms with Crippen molar-refractivity contribution in [3.63, 3.8) is 0 Å². The predicted octanol–water partition coefficient (Wildman–Crippen LogP) is 1.75. The molecule has 0 unspecified atom stereocenters. The highest BCUT2D eigenvalue weighted by Gasteiger charge is 2.31. The first-order chi connectivity index (χ1) is 5.72. The van der Waals surface area contributed by atoms with Gasteiger partial charge in [0.25, 0.3) is 0 Å². The molecule has 1 heterocycles. The van der Waals surface area contributed by atoms with E-state index in [9.17, 15) is 0 Å². The van der Waals surface area contributed by atoms with Crippen molar-refractivity contribution >= 4 is 0 Å². The van der Waals surface area contributed by atoms with E-state index in [0.717, 1.165) is 6.61 Å². The molecule has 0 aliphatic carbocycles. The number of ether oxygens (including phenoxy) is 1. The van der Waals surface area contributed by atoms with E-state index in [4.69, 9.17) is 4.74 Å². The Hall–Kier alpha value is -0.0800. The zero-order valence-electron chi connectivity index (χ0n) is 8.60. The van der Waals surface area contributed by atoms with Gasteiger partial charge in [-0.05, 0) is 44.8 Å².